The van der Waals surface area contributed by atoms with Crippen LogP contribution in [0.1, 0.15) is 13.3 Å². The Morgan fingerprint density at radius 1 is 1.21 bits per heavy atom. The third-order valence-corrected chi connectivity index (χ3v) is 4.78. The molecule has 2 heterocycles. The van der Waals surface area contributed by atoms with Crippen molar-refractivity contribution in [2.75, 3.05) is 18.5 Å². The van der Waals surface area contributed by atoms with E-state index in [0.29, 0.717) is 23.3 Å². The van der Waals surface area contributed by atoms with Crippen LogP contribution in [0.5, 0.6) is 5.75 Å². The number of aliphatic hydroxyl groups excluding tert-OH is 1. The quantitative estimate of drug-likeness (QED) is 0.569. The summed E-state index contributed by atoms with van der Waals surface area (Å²) in [5.41, 5.74) is -0.409. The molecular formula is C19H24ClN5O4. The Hall–Kier alpha value is -2.78. The van der Waals surface area contributed by atoms with E-state index in [1.807, 2.05) is 6.92 Å². The topological polar surface area (TPSA) is 103 Å². The van der Waals surface area contributed by atoms with Gasteiger partial charge in [-0.15, -0.1) is 0 Å². The summed E-state index contributed by atoms with van der Waals surface area (Å²) in [5.74, 6) is 0.997. The van der Waals surface area contributed by atoms with Gasteiger partial charge in [-0.25, -0.2) is 4.79 Å². The van der Waals surface area contributed by atoms with E-state index >= 15 is 0 Å². The lowest BCUT2D eigenvalue weighted by Gasteiger charge is -2.16. The van der Waals surface area contributed by atoms with E-state index in [-0.39, 0.29) is 24.3 Å². The molecule has 2 N–H and O–H groups in total. The van der Waals surface area contributed by atoms with Crippen molar-refractivity contribution < 1.29 is 9.84 Å². The predicted octanol–water partition coefficient (Wildman–Crippen LogP) is 1.35. The average Bonchev–Trinajstić information content (AvgIpc) is 3.07. The fourth-order valence-corrected chi connectivity index (χ4v) is 3.11. The normalized spacial score (nSPS) is 12.3. The number of nitrogens with one attached hydrogen (secondary N) is 1. The summed E-state index contributed by atoms with van der Waals surface area (Å²) in [6.45, 7) is 2.72. The lowest BCUT2D eigenvalue weighted by molar-refractivity contribution is 0.0938. The third-order valence-electron chi connectivity index (χ3n) is 4.53. The molecule has 10 heteroatoms. The molecule has 3 rings (SSSR count). The standard InChI is InChI=1S/C19H24ClN5O4/c1-4-9-21-18-22-16-15(17(27)24(3)19(28)23(16)2)25(18)10-13(26)11-29-14-7-5-12(20)6-8-14/h5-8,13,26H,4,9-11H2,1-3H3,(H,21,22). The van der Waals surface area contributed by atoms with Gasteiger partial charge in [-0.2, -0.15) is 4.98 Å². The molecule has 29 heavy (non-hydrogen) atoms. The number of fused-ring (bicyclic) bond motifs is 1. The van der Waals surface area contributed by atoms with Crippen molar-refractivity contribution in [1.29, 1.82) is 0 Å². The SMILES string of the molecule is CCCNc1nc2c(c(=O)n(C)c(=O)n2C)n1CC(O)COc1ccc(Cl)cc1. The number of ether oxygens (including phenoxy) is 1. The molecule has 0 saturated heterocycles. The van der Waals surface area contributed by atoms with E-state index in [1.165, 1.54) is 11.6 Å². The van der Waals surface area contributed by atoms with Crippen LogP contribution in [0.4, 0.5) is 5.95 Å². The Morgan fingerprint density at radius 3 is 2.55 bits per heavy atom. The largest absolute Gasteiger partial charge is 0.491 e. The minimum atomic E-state index is -0.910. The summed E-state index contributed by atoms with van der Waals surface area (Å²) in [7, 11) is 2.98. The van der Waals surface area contributed by atoms with Crippen molar-refractivity contribution in [1.82, 2.24) is 18.7 Å². The zero-order chi connectivity index (χ0) is 21.1. The summed E-state index contributed by atoms with van der Waals surface area (Å²) >= 11 is 5.86. The number of aromatic nitrogens is 4. The van der Waals surface area contributed by atoms with Crippen molar-refractivity contribution in [2.24, 2.45) is 14.1 Å². The van der Waals surface area contributed by atoms with Gasteiger partial charge in [-0.1, -0.05) is 18.5 Å². The molecule has 9 nitrogen and oxygen atoms in total. The number of rotatable bonds is 8. The summed E-state index contributed by atoms with van der Waals surface area (Å²) < 4.78 is 9.55. The molecule has 0 aliphatic heterocycles. The second kappa shape index (κ2) is 8.71. The molecule has 0 spiro atoms. The summed E-state index contributed by atoms with van der Waals surface area (Å²) in [5, 5.41) is 14.3. The number of hydrogen-bond acceptors (Lipinski definition) is 6. The van der Waals surface area contributed by atoms with Crippen LogP contribution in [0.15, 0.2) is 33.9 Å². The molecule has 1 atom stereocenters. The molecule has 0 radical (unpaired) electrons. The van der Waals surface area contributed by atoms with E-state index in [1.54, 1.807) is 35.9 Å². The molecule has 0 aliphatic rings. The number of halogens is 1. The lowest BCUT2D eigenvalue weighted by atomic mass is 10.3. The number of anilines is 1. The van der Waals surface area contributed by atoms with E-state index < -0.39 is 17.4 Å². The molecular weight excluding hydrogens is 398 g/mol. The van der Waals surface area contributed by atoms with Crippen LogP contribution in [0.25, 0.3) is 11.2 Å². The highest BCUT2D eigenvalue weighted by Gasteiger charge is 2.21. The first-order chi connectivity index (χ1) is 13.8. The van der Waals surface area contributed by atoms with Crippen molar-refractivity contribution in [3.05, 3.63) is 50.1 Å². The van der Waals surface area contributed by atoms with Crippen LogP contribution < -0.4 is 21.3 Å². The van der Waals surface area contributed by atoms with Gasteiger partial charge in [-0.05, 0) is 30.7 Å². The van der Waals surface area contributed by atoms with E-state index in [0.717, 1.165) is 11.0 Å². The molecule has 0 aliphatic carbocycles. The molecule has 0 saturated carbocycles. The maximum Gasteiger partial charge on any atom is 0.332 e. The number of aryl methyl sites for hydroxylation is 1. The van der Waals surface area contributed by atoms with Crippen LogP contribution in [-0.4, -0.2) is 43.0 Å². The molecule has 3 aromatic rings. The maximum absolute atomic E-state index is 12.7. The van der Waals surface area contributed by atoms with E-state index in [9.17, 15) is 14.7 Å². The first kappa shape index (κ1) is 20.9. The Morgan fingerprint density at radius 2 is 1.90 bits per heavy atom. The lowest BCUT2D eigenvalue weighted by Crippen LogP contribution is -2.38. The molecule has 0 fully saturated rings. The highest BCUT2D eigenvalue weighted by Crippen LogP contribution is 2.18. The average molecular weight is 422 g/mol. The van der Waals surface area contributed by atoms with Crippen molar-refractivity contribution in [3.8, 4) is 5.75 Å². The second-order valence-corrected chi connectivity index (χ2v) is 7.21. The van der Waals surface area contributed by atoms with Gasteiger partial charge in [0, 0.05) is 25.7 Å². The molecule has 1 aromatic carbocycles. The zero-order valence-corrected chi connectivity index (χ0v) is 17.3. The highest BCUT2D eigenvalue weighted by molar-refractivity contribution is 6.30. The molecule has 0 bridgehead atoms. The van der Waals surface area contributed by atoms with Gasteiger partial charge in [0.2, 0.25) is 5.95 Å². The first-order valence-corrected chi connectivity index (χ1v) is 9.67. The molecule has 1 unspecified atom stereocenters. The monoisotopic (exact) mass is 421 g/mol. The van der Waals surface area contributed by atoms with Gasteiger partial charge < -0.3 is 19.7 Å². The second-order valence-electron chi connectivity index (χ2n) is 6.77. The van der Waals surface area contributed by atoms with Crippen LogP contribution in [0.3, 0.4) is 0 Å². The number of nitrogens with zero attached hydrogens (tertiary/aromatic N) is 4. The highest BCUT2D eigenvalue weighted by atomic mass is 35.5. The van der Waals surface area contributed by atoms with Gasteiger partial charge >= 0.3 is 5.69 Å². The number of imidazole rings is 1. The predicted molar refractivity (Wildman–Crippen MR) is 112 cm³/mol. The fourth-order valence-electron chi connectivity index (χ4n) is 2.98. The van der Waals surface area contributed by atoms with E-state index in [2.05, 4.69) is 10.3 Å². The van der Waals surface area contributed by atoms with Gasteiger partial charge in [0.1, 0.15) is 18.5 Å². The molecule has 0 amide bonds. The van der Waals surface area contributed by atoms with Crippen molar-refractivity contribution >= 4 is 28.7 Å². The van der Waals surface area contributed by atoms with Crippen LogP contribution in [-0.2, 0) is 20.6 Å². The smallest absolute Gasteiger partial charge is 0.332 e. The Bertz CT molecular complexity index is 1120. The number of aliphatic hydroxyl groups is 1. The Balaban J connectivity index is 1.92. The molecule has 156 valence electrons. The number of benzene rings is 1. The van der Waals surface area contributed by atoms with Crippen LogP contribution >= 0.6 is 11.6 Å². The minimum Gasteiger partial charge on any atom is -0.491 e. The van der Waals surface area contributed by atoms with Crippen molar-refractivity contribution in [3.63, 3.8) is 0 Å². The summed E-state index contributed by atoms with van der Waals surface area (Å²) in [6, 6.07) is 6.82. The van der Waals surface area contributed by atoms with Gasteiger partial charge in [0.25, 0.3) is 5.56 Å². The summed E-state index contributed by atoms with van der Waals surface area (Å²) in [4.78, 5) is 29.4. The van der Waals surface area contributed by atoms with Crippen LogP contribution in [0, 0.1) is 0 Å². The number of hydrogen-bond donors (Lipinski definition) is 2. The van der Waals surface area contributed by atoms with Crippen molar-refractivity contribution in [2.45, 2.75) is 26.0 Å². The van der Waals surface area contributed by atoms with Gasteiger partial charge in [-0.3, -0.25) is 13.9 Å². The third kappa shape index (κ3) is 4.30. The first-order valence-electron chi connectivity index (χ1n) is 9.30. The zero-order valence-electron chi connectivity index (χ0n) is 16.6. The van der Waals surface area contributed by atoms with Gasteiger partial charge in [0.15, 0.2) is 11.2 Å². The van der Waals surface area contributed by atoms with E-state index in [4.69, 9.17) is 16.3 Å². The Labute approximate surface area is 172 Å². The summed E-state index contributed by atoms with van der Waals surface area (Å²) in [6.07, 6.45) is -0.0604. The fraction of sp³-hybridized carbons (Fsp3) is 0.421. The maximum atomic E-state index is 12.7. The minimum absolute atomic E-state index is 0.0145. The van der Waals surface area contributed by atoms with Crippen LogP contribution in [0.2, 0.25) is 5.02 Å². The molecule has 2 aromatic heterocycles. The Kier molecular flexibility index (Phi) is 6.29. The van der Waals surface area contributed by atoms with Gasteiger partial charge in [0.05, 0.1) is 6.54 Å².